The molecule has 0 unspecified atom stereocenters. The van der Waals surface area contributed by atoms with Gasteiger partial charge in [-0.1, -0.05) is 11.6 Å². The summed E-state index contributed by atoms with van der Waals surface area (Å²) in [5.41, 5.74) is -0.320. The van der Waals surface area contributed by atoms with Crippen LogP contribution < -0.4 is 5.32 Å². The van der Waals surface area contributed by atoms with E-state index in [9.17, 15) is 23.7 Å². The van der Waals surface area contributed by atoms with Crippen molar-refractivity contribution in [2.75, 3.05) is 11.1 Å². The summed E-state index contributed by atoms with van der Waals surface area (Å²) in [5.74, 6) is -2.63. The third-order valence-corrected chi connectivity index (χ3v) is 3.92. The number of amides is 1. The van der Waals surface area contributed by atoms with E-state index in [1.165, 1.54) is 18.2 Å². The van der Waals surface area contributed by atoms with Gasteiger partial charge in [0, 0.05) is 16.0 Å². The number of nitrogens with one attached hydrogen (secondary N) is 1. The van der Waals surface area contributed by atoms with Crippen molar-refractivity contribution in [3.05, 3.63) is 63.2 Å². The van der Waals surface area contributed by atoms with Crippen molar-refractivity contribution in [2.45, 2.75) is 4.90 Å². The number of carbonyl (C=O) groups is 1. The summed E-state index contributed by atoms with van der Waals surface area (Å²) in [6.45, 7) is 0. The molecule has 0 saturated heterocycles. The lowest BCUT2D eigenvalue weighted by molar-refractivity contribution is -0.383. The normalized spacial score (nSPS) is 10.4. The summed E-state index contributed by atoms with van der Waals surface area (Å²) in [7, 11) is 0. The summed E-state index contributed by atoms with van der Waals surface area (Å²) in [6, 6.07) is 7.12. The van der Waals surface area contributed by atoms with Gasteiger partial charge in [-0.25, -0.2) is 8.78 Å². The Morgan fingerprint density at radius 1 is 1.22 bits per heavy atom. The number of benzene rings is 2. The molecule has 1 amide bonds. The van der Waals surface area contributed by atoms with E-state index in [4.69, 9.17) is 11.6 Å². The summed E-state index contributed by atoms with van der Waals surface area (Å²) < 4.78 is 25.9. The molecule has 0 bridgehead atoms. The molecule has 2 aromatic carbocycles. The Morgan fingerprint density at radius 2 is 1.96 bits per heavy atom. The van der Waals surface area contributed by atoms with Crippen LogP contribution in [0.25, 0.3) is 0 Å². The van der Waals surface area contributed by atoms with E-state index in [1.54, 1.807) is 0 Å². The number of thioether (sulfide) groups is 1. The molecule has 0 aliphatic heterocycles. The zero-order chi connectivity index (χ0) is 17.0. The monoisotopic (exact) mass is 358 g/mol. The van der Waals surface area contributed by atoms with Gasteiger partial charge in [0.1, 0.15) is 5.69 Å². The topological polar surface area (TPSA) is 72.2 Å². The van der Waals surface area contributed by atoms with E-state index in [0.717, 1.165) is 30.0 Å². The molecular weight excluding hydrogens is 350 g/mol. The van der Waals surface area contributed by atoms with Crippen LogP contribution in [0.1, 0.15) is 0 Å². The van der Waals surface area contributed by atoms with E-state index < -0.39 is 22.5 Å². The van der Waals surface area contributed by atoms with E-state index in [2.05, 4.69) is 5.32 Å². The minimum atomic E-state index is -1.01. The molecule has 9 heteroatoms. The van der Waals surface area contributed by atoms with Crippen LogP contribution >= 0.6 is 23.4 Å². The van der Waals surface area contributed by atoms with Crippen LogP contribution in [0.5, 0.6) is 0 Å². The molecule has 120 valence electrons. The van der Waals surface area contributed by atoms with Crippen LogP contribution in [0.2, 0.25) is 5.02 Å². The fourth-order valence-corrected chi connectivity index (χ4v) is 2.55. The fraction of sp³-hybridized carbons (Fsp3) is 0.0714. The van der Waals surface area contributed by atoms with E-state index >= 15 is 0 Å². The zero-order valence-electron chi connectivity index (χ0n) is 11.4. The maximum absolute atomic E-state index is 13.1. The van der Waals surface area contributed by atoms with Crippen LogP contribution in [0.3, 0.4) is 0 Å². The highest BCUT2D eigenvalue weighted by atomic mass is 35.5. The van der Waals surface area contributed by atoms with Crippen LogP contribution in [0.15, 0.2) is 41.3 Å². The Balaban J connectivity index is 2.02. The third kappa shape index (κ3) is 4.64. The number of nitro benzene ring substituents is 1. The maximum atomic E-state index is 13.1. The first-order chi connectivity index (χ1) is 10.9. The minimum Gasteiger partial charge on any atom is -0.320 e. The molecule has 0 spiro atoms. The van der Waals surface area contributed by atoms with Gasteiger partial charge in [0.15, 0.2) is 11.6 Å². The molecule has 23 heavy (non-hydrogen) atoms. The van der Waals surface area contributed by atoms with Gasteiger partial charge >= 0.3 is 0 Å². The van der Waals surface area contributed by atoms with Crippen LogP contribution in [0, 0.1) is 21.7 Å². The number of nitrogens with zero attached hydrogens (tertiary/aromatic N) is 1. The van der Waals surface area contributed by atoms with E-state index in [-0.39, 0.29) is 22.2 Å². The van der Waals surface area contributed by atoms with Gasteiger partial charge < -0.3 is 5.32 Å². The van der Waals surface area contributed by atoms with Crippen molar-refractivity contribution >= 4 is 40.6 Å². The lowest BCUT2D eigenvalue weighted by Gasteiger charge is -2.06. The van der Waals surface area contributed by atoms with E-state index in [0.29, 0.717) is 4.90 Å². The van der Waals surface area contributed by atoms with Gasteiger partial charge in [0.25, 0.3) is 5.69 Å². The van der Waals surface area contributed by atoms with Crippen molar-refractivity contribution < 1.29 is 18.5 Å². The van der Waals surface area contributed by atoms with Crippen molar-refractivity contribution in [1.82, 2.24) is 0 Å². The van der Waals surface area contributed by atoms with Crippen molar-refractivity contribution in [3.63, 3.8) is 0 Å². The highest BCUT2D eigenvalue weighted by molar-refractivity contribution is 8.00. The van der Waals surface area contributed by atoms with Crippen molar-refractivity contribution in [2.24, 2.45) is 0 Å². The molecule has 2 aromatic rings. The first kappa shape index (κ1) is 17.2. The van der Waals surface area contributed by atoms with Gasteiger partial charge in [-0.2, -0.15) is 0 Å². The summed E-state index contributed by atoms with van der Waals surface area (Å²) >= 11 is 6.65. The second-order valence-corrected chi connectivity index (χ2v) is 5.82. The molecule has 5 nitrogen and oxygen atoms in total. The Morgan fingerprint density at radius 3 is 2.61 bits per heavy atom. The third-order valence-electron chi connectivity index (χ3n) is 2.69. The summed E-state index contributed by atoms with van der Waals surface area (Å²) in [5, 5.41) is 13.5. The lowest BCUT2D eigenvalue weighted by atomic mass is 10.2. The quantitative estimate of drug-likeness (QED) is 0.492. The number of halogens is 3. The molecule has 0 atom stereocenters. The maximum Gasteiger partial charge on any atom is 0.294 e. The van der Waals surface area contributed by atoms with Crippen molar-refractivity contribution in [1.29, 1.82) is 0 Å². The molecule has 1 N–H and O–H groups in total. The average molecular weight is 359 g/mol. The Labute approximate surface area is 138 Å². The number of hydrogen-bond acceptors (Lipinski definition) is 4. The standard InChI is InChI=1S/C14H9ClF2N2O3S/c15-8-1-4-12(13(5-8)19(21)22)18-14(20)7-23-9-2-3-10(16)11(17)6-9/h1-6H,7H2,(H,18,20). The molecule has 0 fully saturated rings. The number of hydrogen-bond donors (Lipinski definition) is 1. The second kappa shape index (κ2) is 7.38. The summed E-state index contributed by atoms with van der Waals surface area (Å²) in [4.78, 5) is 22.5. The molecular formula is C14H9ClF2N2O3S. The molecule has 0 aliphatic rings. The highest BCUT2D eigenvalue weighted by Crippen LogP contribution is 2.28. The lowest BCUT2D eigenvalue weighted by Crippen LogP contribution is -2.15. The average Bonchev–Trinajstić information content (AvgIpc) is 2.50. The summed E-state index contributed by atoms with van der Waals surface area (Å²) in [6.07, 6.45) is 0. The molecule has 0 radical (unpaired) electrons. The largest absolute Gasteiger partial charge is 0.320 e. The zero-order valence-corrected chi connectivity index (χ0v) is 13.0. The minimum absolute atomic E-state index is 0.00952. The van der Waals surface area contributed by atoms with Gasteiger partial charge in [-0.05, 0) is 30.3 Å². The van der Waals surface area contributed by atoms with Gasteiger partial charge in [0.05, 0.1) is 10.7 Å². The smallest absolute Gasteiger partial charge is 0.294 e. The van der Waals surface area contributed by atoms with Crippen LogP contribution in [-0.4, -0.2) is 16.6 Å². The highest BCUT2D eigenvalue weighted by Gasteiger charge is 2.16. The second-order valence-electron chi connectivity index (χ2n) is 4.33. The predicted molar refractivity (Wildman–Crippen MR) is 83.8 cm³/mol. The molecule has 0 aliphatic carbocycles. The number of nitro groups is 1. The van der Waals surface area contributed by atoms with E-state index in [1.807, 2.05) is 0 Å². The SMILES string of the molecule is O=C(CSc1ccc(F)c(F)c1)Nc1ccc(Cl)cc1[N+](=O)[O-]. The molecule has 0 aromatic heterocycles. The predicted octanol–water partition coefficient (Wildman–Crippen LogP) is 4.26. The van der Waals surface area contributed by atoms with Gasteiger partial charge in [-0.3, -0.25) is 14.9 Å². The molecule has 0 saturated carbocycles. The number of carbonyl (C=O) groups excluding carboxylic acids is 1. The first-order valence-electron chi connectivity index (χ1n) is 6.18. The molecule has 2 rings (SSSR count). The van der Waals surface area contributed by atoms with Crippen LogP contribution in [0.4, 0.5) is 20.2 Å². The molecule has 0 heterocycles. The number of rotatable bonds is 5. The van der Waals surface area contributed by atoms with Crippen LogP contribution in [-0.2, 0) is 4.79 Å². The Kier molecular flexibility index (Phi) is 5.51. The van der Waals surface area contributed by atoms with Gasteiger partial charge in [0.2, 0.25) is 5.91 Å². The van der Waals surface area contributed by atoms with Gasteiger partial charge in [-0.15, -0.1) is 11.8 Å². The Bertz CT molecular complexity index is 774. The Hall–Kier alpha value is -2.19. The number of anilines is 1. The van der Waals surface area contributed by atoms with Crippen molar-refractivity contribution in [3.8, 4) is 0 Å². The fourth-order valence-electron chi connectivity index (χ4n) is 1.66. The first-order valence-corrected chi connectivity index (χ1v) is 7.55.